The Morgan fingerprint density at radius 3 is 2.38 bits per heavy atom. The summed E-state index contributed by atoms with van der Waals surface area (Å²) in [7, 11) is 0. The molecule has 2 amide bonds. The molecule has 26 heavy (non-hydrogen) atoms. The minimum atomic E-state index is -0.586. The fraction of sp³-hybridized carbons (Fsp3) is 0.222. The van der Waals surface area contributed by atoms with Crippen molar-refractivity contribution in [1.82, 2.24) is 10.9 Å². The molecular formula is C18H18Cl2N2O4. The Balaban J connectivity index is 1.86. The summed E-state index contributed by atoms with van der Waals surface area (Å²) >= 11 is 11.8. The van der Waals surface area contributed by atoms with Gasteiger partial charge in [0, 0.05) is 5.02 Å². The van der Waals surface area contributed by atoms with Crippen LogP contribution in [0, 0.1) is 0 Å². The van der Waals surface area contributed by atoms with Crippen LogP contribution in [0.25, 0.3) is 0 Å². The van der Waals surface area contributed by atoms with Crippen LogP contribution >= 0.6 is 23.2 Å². The molecule has 0 spiro atoms. The Labute approximate surface area is 161 Å². The Morgan fingerprint density at radius 1 is 1.00 bits per heavy atom. The van der Waals surface area contributed by atoms with Gasteiger partial charge in [0.05, 0.1) is 17.2 Å². The van der Waals surface area contributed by atoms with Crippen molar-refractivity contribution in [2.24, 2.45) is 0 Å². The fourth-order valence-corrected chi connectivity index (χ4v) is 2.32. The van der Waals surface area contributed by atoms with Crippen LogP contribution in [0.2, 0.25) is 10.0 Å². The van der Waals surface area contributed by atoms with Crippen molar-refractivity contribution in [2.45, 2.75) is 13.3 Å². The predicted octanol–water partition coefficient (Wildman–Crippen LogP) is 3.62. The Hall–Kier alpha value is -2.44. The Morgan fingerprint density at radius 2 is 1.69 bits per heavy atom. The lowest BCUT2D eigenvalue weighted by atomic mass is 10.2. The topological polar surface area (TPSA) is 76.7 Å². The highest BCUT2D eigenvalue weighted by Gasteiger charge is 2.13. The molecule has 0 unspecified atom stereocenters. The molecule has 0 aliphatic heterocycles. The van der Waals surface area contributed by atoms with Gasteiger partial charge in [0.15, 0.2) is 18.1 Å². The number of hydrazine groups is 1. The highest BCUT2D eigenvalue weighted by atomic mass is 35.5. The molecule has 0 aliphatic rings. The number of halogens is 2. The van der Waals surface area contributed by atoms with Crippen LogP contribution < -0.4 is 20.3 Å². The average Bonchev–Trinajstić information content (AvgIpc) is 2.65. The lowest BCUT2D eigenvalue weighted by molar-refractivity contribution is -0.123. The van der Waals surface area contributed by atoms with Crippen molar-refractivity contribution in [1.29, 1.82) is 0 Å². The quantitative estimate of drug-likeness (QED) is 0.700. The van der Waals surface area contributed by atoms with Crippen LogP contribution in [-0.2, 0) is 4.79 Å². The average molecular weight is 397 g/mol. The minimum absolute atomic E-state index is 0.152. The Bertz CT molecular complexity index is 784. The summed E-state index contributed by atoms with van der Waals surface area (Å²) in [6.45, 7) is 2.24. The summed E-state index contributed by atoms with van der Waals surface area (Å²) in [4.78, 5) is 23.9. The third kappa shape index (κ3) is 5.82. The number of benzene rings is 2. The SMILES string of the molecule is CCCOc1ccccc1OCC(=O)NNC(=O)c1cc(Cl)ccc1Cl. The van der Waals surface area contributed by atoms with Crippen molar-refractivity contribution in [3.8, 4) is 11.5 Å². The molecule has 0 saturated heterocycles. The first-order chi connectivity index (χ1) is 12.5. The fourth-order valence-electron chi connectivity index (χ4n) is 1.95. The molecule has 0 aromatic heterocycles. The first kappa shape index (κ1) is 19.9. The van der Waals surface area contributed by atoms with Crippen molar-refractivity contribution in [3.05, 3.63) is 58.1 Å². The van der Waals surface area contributed by atoms with E-state index in [1.807, 2.05) is 13.0 Å². The van der Waals surface area contributed by atoms with E-state index in [2.05, 4.69) is 10.9 Å². The summed E-state index contributed by atoms with van der Waals surface area (Å²) in [6, 6.07) is 11.5. The van der Waals surface area contributed by atoms with Crippen LogP contribution in [0.15, 0.2) is 42.5 Å². The second-order valence-electron chi connectivity index (χ2n) is 5.21. The van der Waals surface area contributed by atoms with E-state index in [0.717, 1.165) is 6.42 Å². The van der Waals surface area contributed by atoms with Crippen LogP contribution in [0.1, 0.15) is 23.7 Å². The van der Waals surface area contributed by atoms with Gasteiger partial charge in [0.1, 0.15) is 0 Å². The number of hydrogen-bond acceptors (Lipinski definition) is 4. The molecule has 2 aromatic rings. The summed E-state index contributed by atoms with van der Waals surface area (Å²) in [6.07, 6.45) is 0.854. The summed E-state index contributed by atoms with van der Waals surface area (Å²) in [5.74, 6) is -0.128. The zero-order chi connectivity index (χ0) is 18.9. The molecule has 2 N–H and O–H groups in total. The van der Waals surface area contributed by atoms with Gasteiger partial charge in [-0.05, 0) is 36.8 Å². The summed E-state index contributed by atoms with van der Waals surface area (Å²) in [5, 5.41) is 0.581. The molecule has 2 rings (SSSR count). The van der Waals surface area contributed by atoms with Gasteiger partial charge in [-0.1, -0.05) is 42.3 Å². The zero-order valence-electron chi connectivity index (χ0n) is 14.1. The first-order valence-corrected chi connectivity index (χ1v) is 8.65. The van der Waals surface area contributed by atoms with E-state index < -0.39 is 11.8 Å². The highest BCUT2D eigenvalue weighted by Crippen LogP contribution is 2.26. The van der Waals surface area contributed by atoms with E-state index in [1.54, 1.807) is 24.3 Å². The third-order valence-electron chi connectivity index (χ3n) is 3.16. The highest BCUT2D eigenvalue weighted by molar-refractivity contribution is 6.35. The number of carbonyl (C=O) groups is 2. The molecular weight excluding hydrogens is 379 g/mol. The molecule has 0 bridgehead atoms. The van der Waals surface area contributed by atoms with Gasteiger partial charge in [-0.3, -0.25) is 20.4 Å². The number of rotatable bonds is 7. The molecule has 0 radical (unpaired) electrons. The van der Waals surface area contributed by atoms with Crippen LogP contribution in [0.4, 0.5) is 0 Å². The maximum atomic E-state index is 12.0. The lowest BCUT2D eigenvalue weighted by Crippen LogP contribution is -2.43. The van der Waals surface area contributed by atoms with Crippen molar-refractivity contribution < 1.29 is 19.1 Å². The monoisotopic (exact) mass is 396 g/mol. The van der Waals surface area contributed by atoms with Gasteiger partial charge in [-0.25, -0.2) is 0 Å². The van der Waals surface area contributed by atoms with E-state index in [9.17, 15) is 9.59 Å². The maximum absolute atomic E-state index is 12.0. The Kier molecular flexibility index (Phi) is 7.56. The van der Waals surface area contributed by atoms with Gasteiger partial charge in [0.2, 0.25) is 0 Å². The van der Waals surface area contributed by atoms with Crippen molar-refractivity contribution in [3.63, 3.8) is 0 Å². The molecule has 0 saturated carbocycles. The van der Waals surface area contributed by atoms with Gasteiger partial charge in [0.25, 0.3) is 11.8 Å². The van der Waals surface area contributed by atoms with E-state index in [4.69, 9.17) is 32.7 Å². The van der Waals surface area contributed by atoms with Gasteiger partial charge in [-0.15, -0.1) is 0 Å². The van der Waals surface area contributed by atoms with Gasteiger partial charge >= 0.3 is 0 Å². The maximum Gasteiger partial charge on any atom is 0.276 e. The van der Waals surface area contributed by atoms with Gasteiger partial charge < -0.3 is 9.47 Å². The molecule has 2 aromatic carbocycles. The number of nitrogens with one attached hydrogen (secondary N) is 2. The summed E-state index contributed by atoms with van der Waals surface area (Å²) in [5.41, 5.74) is 4.67. The molecule has 138 valence electrons. The predicted molar refractivity (Wildman–Crippen MR) is 99.8 cm³/mol. The van der Waals surface area contributed by atoms with Crippen LogP contribution in [-0.4, -0.2) is 25.0 Å². The molecule has 0 fully saturated rings. The molecule has 0 aliphatic carbocycles. The molecule has 0 heterocycles. The molecule has 0 atom stereocenters. The number of hydrogen-bond donors (Lipinski definition) is 2. The lowest BCUT2D eigenvalue weighted by Gasteiger charge is -2.12. The van der Waals surface area contributed by atoms with Crippen LogP contribution in [0.3, 0.4) is 0 Å². The summed E-state index contributed by atoms with van der Waals surface area (Å²) < 4.78 is 11.0. The second kappa shape index (κ2) is 9.89. The second-order valence-corrected chi connectivity index (χ2v) is 6.05. The minimum Gasteiger partial charge on any atom is -0.490 e. The van der Waals surface area contributed by atoms with E-state index in [0.29, 0.717) is 23.1 Å². The van der Waals surface area contributed by atoms with Crippen molar-refractivity contribution in [2.75, 3.05) is 13.2 Å². The van der Waals surface area contributed by atoms with Gasteiger partial charge in [-0.2, -0.15) is 0 Å². The standard InChI is InChI=1S/C18H18Cl2N2O4/c1-2-9-25-15-5-3-4-6-16(15)26-11-17(23)21-22-18(24)13-10-12(19)7-8-14(13)20/h3-8,10H,2,9,11H2,1H3,(H,21,23)(H,22,24). The smallest absolute Gasteiger partial charge is 0.276 e. The van der Waals surface area contributed by atoms with Crippen LogP contribution in [0.5, 0.6) is 11.5 Å². The number of ether oxygens (including phenoxy) is 2. The van der Waals surface area contributed by atoms with E-state index in [-0.39, 0.29) is 17.2 Å². The zero-order valence-corrected chi connectivity index (χ0v) is 15.6. The third-order valence-corrected chi connectivity index (χ3v) is 3.72. The first-order valence-electron chi connectivity index (χ1n) is 7.90. The normalized spacial score (nSPS) is 10.1. The number of para-hydroxylation sites is 2. The largest absolute Gasteiger partial charge is 0.490 e. The van der Waals surface area contributed by atoms with E-state index in [1.165, 1.54) is 12.1 Å². The molecule has 6 nitrogen and oxygen atoms in total. The number of amides is 2. The molecule has 8 heteroatoms. The number of carbonyl (C=O) groups excluding carboxylic acids is 2. The van der Waals surface area contributed by atoms with Crippen molar-refractivity contribution >= 4 is 35.0 Å². The van der Waals surface area contributed by atoms with E-state index >= 15 is 0 Å².